The Morgan fingerprint density at radius 2 is 2.06 bits per heavy atom. The van der Waals surface area contributed by atoms with Crippen molar-refractivity contribution in [3.63, 3.8) is 0 Å². The third kappa shape index (κ3) is 2.75. The Labute approximate surface area is 117 Å². The highest BCUT2D eigenvalue weighted by Crippen LogP contribution is 2.17. The molecule has 0 spiro atoms. The minimum Gasteiger partial charge on any atom is -0.307 e. The maximum absolute atomic E-state index is 4.59. The number of alkyl halides is 1. The van der Waals surface area contributed by atoms with Crippen molar-refractivity contribution < 1.29 is 0 Å². The van der Waals surface area contributed by atoms with E-state index >= 15 is 0 Å². The molecule has 0 aliphatic rings. The molecule has 1 atom stereocenters. The van der Waals surface area contributed by atoms with Gasteiger partial charge in [-0.2, -0.15) is 5.10 Å². The number of hydrogen-bond acceptors (Lipinski definition) is 2. The van der Waals surface area contributed by atoms with Gasteiger partial charge in [-0.1, -0.05) is 48.0 Å². The van der Waals surface area contributed by atoms with Gasteiger partial charge in [0.25, 0.3) is 0 Å². The van der Waals surface area contributed by atoms with Gasteiger partial charge >= 0.3 is 0 Å². The zero-order valence-corrected chi connectivity index (χ0v) is 12.7. The van der Waals surface area contributed by atoms with Crippen LogP contribution in [0.2, 0.25) is 0 Å². The molecule has 2 aromatic rings. The number of hydrogen-bond donors (Lipinski definition) is 1. The monoisotopic (exact) mass is 309 g/mol. The number of nitrogens with zero attached hydrogens (tertiary/aromatic N) is 2. The van der Waals surface area contributed by atoms with Gasteiger partial charge in [-0.3, -0.25) is 4.68 Å². The predicted molar refractivity (Wildman–Crippen MR) is 80.0 cm³/mol. The zero-order valence-electron chi connectivity index (χ0n) is 11.2. The van der Waals surface area contributed by atoms with Gasteiger partial charge < -0.3 is 5.32 Å². The number of aryl methyl sites for hydroxylation is 1. The van der Waals surface area contributed by atoms with E-state index in [-0.39, 0.29) is 0 Å². The molecule has 98 valence electrons. The summed E-state index contributed by atoms with van der Waals surface area (Å²) >= 11 is 3.56. The highest BCUT2D eigenvalue weighted by molar-refractivity contribution is 9.09. The fourth-order valence-electron chi connectivity index (χ4n) is 2.12. The van der Waals surface area contributed by atoms with Crippen LogP contribution in [0.25, 0.3) is 10.9 Å². The maximum Gasteiger partial charge on any atom is 0.0841 e. The molecule has 1 aromatic carbocycles. The van der Waals surface area contributed by atoms with E-state index in [9.17, 15) is 0 Å². The number of para-hydroxylation sites is 1. The first-order valence-electron chi connectivity index (χ1n) is 6.33. The number of benzene rings is 1. The highest BCUT2D eigenvalue weighted by Gasteiger charge is 2.13. The van der Waals surface area contributed by atoms with Gasteiger partial charge in [0.15, 0.2) is 0 Å². The van der Waals surface area contributed by atoms with Crippen LogP contribution in [-0.2, 0) is 13.6 Å². The van der Waals surface area contributed by atoms with E-state index in [1.165, 1.54) is 10.9 Å². The average Bonchev–Trinajstić information content (AvgIpc) is 2.68. The van der Waals surface area contributed by atoms with Crippen molar-refractivity contribution in [1.82, 2.24) is 15.1 Å². The summed E-state index contributed by atoms with van der Waals surface area (Å²) in [5.74, 6) is 0.611. The Hall–Kier alpha value is -0.870. The fourth-order valence-corrected chi connectivity index (χ4v) is 3.09. The molecule has 2 rings (SSSR count). The molecule has 0 saturated heterocycles. The van der Waals surface area contributed by atoms with Crippen molar-refractivity contribution in [3.05, 3.63) is 30.0 Å². The third-order valence-electron chi connectivity index (χ3n) is 3.34. The van der Waals surface area contributed by atoms with Crippen LogP contribution >= 0.6 is 15.9 Å². The van der Waals surface area contributed by atoms with Gasteiger partial charge in [0.1, 0.15) is 0 Å². The summed E-state index contributed by atoms with van der Waals surface area (Å²) in [6.07, 6.45) is 0. The first-order chi connectivity index (χ1) is 8.63. The van der Waals surface area contributed by atoms with Crippen LogP contribution in [0.5, 0.6) is 0 Å². The van der Waals surface area contributed by atoms with Crippen LogP contribution in [0.1, 0.15) is 19.5 Å². The number of halogens is 1. The first kappa shape index (κ1) is 13.6. The van der Waals surface area contributed by atoms with Crippen molar-refractivity contribution in [2.45, 2.75) is 26.4 Å². The standard InChI is InChI=1S/C14H20BrN3/c1-10(2)12(8-15)16-9-13-11-6-4-5-7-14(11)18(3)17-13/h4-7,10,12,16H,8-9H2,1-3H3. The third-order valence-corrected chi connectivity index (χ3v) is 4.03. The molecule has 0 radical (unpaired) electrons. The smallest absolute Gasteiger partial charge is 0.0841 e. The van der Waals surface area contributed by atoms with Crippen LogP contribution in [-0.4, -0.2) is 21.2 Å². The Morgan fingerprint density at radius 1 is 1.33 bits per heavy atom. The number of aromatic nitrogens is 2. The molecule has 0 amide bonds. The van der Waals surface area contributed by atoms with Crippen molar-refractivity contribution in [2.75, 3.05) is 5.33 Å². The molecular formula is C14H20BrN3. The van der Waals surface area contributed by atoms with Gasteiger partial charge in [0.05, 0.1) is 11.2 Å². The predicted octanol–water partition coefficient (Wildman–Crippen LogP) is 3.08. The first-order valence-corrected chi connectivity index (χ1v) is 7.45. The molecule has 1 N–H and O–H groups in total. The lowest BCUT2D eigenvalue weighted by Crippen LogP contribution is -2.34. The quantitative estimate of drug-likeness (QED) is 0.860. The molecule has 1 aromatic heterocycles. The van der Waals surface area contributed by atoms with Gasteiger partial charge in [0.2, 0.25) is 0 Å². The van der Waals surface area contributed by atoms with E-state index in [0.717, 1.165) is 17.6 Å². The lowest BCUT2D eigenvalue weighted by atomic mass is 10.1. The van der Waals surface area contributed by atoms with Crippen molar-refractivity contribution in [1.29, 1.82) is 0 Å². The second-order valence-corrected chi connectivity index (χ2v) is 5.62. The van der Waals surface area contributed by atoms with Crippen LogP contribution in [0.4, 0.5) is 0 Å². The summed E-state index contributed by atoms with van der Waals surface area (Å²) in [7, 11) is 2.00. The van der Waals surface area contributed by atoms with Crippen LogP contribution < -0.4 is 5.32 Å². The highest BCUT2D eigenvalue weighted by atomic mass is 79.9. The van der Waals surface area contributed by atoms with Crippen LogP contribution in [0, 0.1) is 5.92 Å². The largest absolute Gasteiger partial charge is 0.307 e. The second kappa shape index (κ2) is 5.85. The fraction of sp³-hybridized carbons (Fsp3) is 0.500. The zero-order chi connectivity index (χ0) is 13.1. The van der Waals surface area contributed by atoms with Crippen molar-refractivity contribution >= 4 is 26.8 Å². The lowest BCUT2D eigenvalue weighted by Gasteiger charge is -2.19. The van der Waals surface area contributed by atoms with E-state index < -0.39 is 0 Å². The molecular weight excluding hydrogens is 290 g/mol. The minimum absolute atomic E-state index is 0.478. The van der Waals surface area contributed by atoms with Gasteiger partial charge in [-0.05, 0) is 12.0 Å². The molecule has 0 bridgehead atoms. The van der Waals surface area contributed by atoms with Gasteiger partial charge in [-0.15, -0.1) is 0 Å². The summed E-state index contributed by atoms with van der Waals surface area (Å²) < 4.78 is 1.95. The van der Waals surface area contributed by atoms with Crippen LogP contribution in [0.15, 0.2) is 24.3 Å². The van der Waals surface area contributed by atoms with Gasteiger partial charge in [-0.25, -0.2) is 0 Å². The Bertz CT molecular complexity index is 519. The molecule has 4 heteroatoms. The normalized spacial score (nSPS) is 13.4. The minimum atomic E-state index is 0.478. The molecule has 0 saturated carbocycles. The number of nitrogens with one attached hydrogen (secondary N) is 1. The van der Waals surface area contributed by atoms with E-state index in [4.69, 9.17) is 0 Å². The van der Waals surface area contributed by atoms with E-state index in [1.54, 1.807) is 0 Å². The summed E-state index contributed by atoms with van der Waals surface area (Å²) in [6.45, 7) is 5.28. The summed E-state index contributed by atoms with van der Waals surface area (Å²) in [6, 6.07) is 8.84. The topological polar surface area (TPSA) is 29.9 Å². The Morgan fingerprint density at radius 3 is 2.72 bits per heavy atom. The van der Waals surface area contributed by atoms with Gasteiger partial charge in [0, 0.05) is 30.4 Å². The lowest BCUT2D eigenvalue weighted by molar-refractivity contribution is 0.431. The second-order valence-electron chi connectivity index (χ2n) is 4.97. The van der Waals surface area contributed by atoms with Crippen LogP contribution in [0.3, 0.4) is 0 Å². The molecule has 0 fully saturated rings. The SMILES string of the molecule is CC(C)C(CBr)NCc1nn(C)c2ccccc12. The Balaban J connectivity index is 2.17. The molecule has 0 aliphatic heterocycles. The molecule has 18 heavy (non-hydrogen) atoms. The molecule has 1 heterocycles. The summed E-state index contributed by atoms with van der Waals surface area (Å²) in [4.78, 5) is 0. The van der Waals surface area contributed by atoms with E-state index in [2.05, 4.69) is 64.5 Å². The maximum atomic E-state index is 4.59. The molecule has 1 unspecified atom stereocenters. The van der Waals surface area contributed by atoms with E-state index in [0.29, 0.717) is 12.0 Å². The summed E-state index contributed by atoms with van der Waals surface area (Å²) in [5.41, 5.74) is 2.31. The molecule has 3 nitrogen and oxygen atoms in total. The number of rotatable bonds is 5. The number of fused-ring (bicyclic) bond motifs is 1. The Kier molecular flexibility index (Phi) is 4.40. The van der Waals surface area contributed by atoms with Crippen molar-refractivity contribution in [2.24, 2.45) is 13.0 Å². The molecule has 0 aliphatic carbocycles. The summed E-state index contributed by atoms with van der Waals surface area (Å²) in [5, 5.41) is 10.4. The average molecular weight is 310 g/mol. The van der Waals surface area contributed by atoms with E-state index in [1.807, 2.05) is 11.7 Å². The van der Waals surface area contributed by atoms with Crippen molar-refractivity contribution in [3.8, 4) is 0 Å².